The maximum Gasteiger partial charge on any atom is 0.236 e. The van der Waals surface area contributed by atoms with Crippen LogP contribution in [-0.4, -0.2) is 52.6 Å². The summed E-state index contributed by atoms with van der Waals surface area (Å²) < 4.78 is 6.33. The standard InChI is InChI=1S/C23H28N4O2S/c1-16-20(17(2)25-24-16)8-10-26(3)23(28)14-27-12-18-6-4-5-7-21(18)29-22(13-27)19-9-11-30-15-19/h4-7,9,11,15,22H,8,10,12-14H2,1-3H3,(H,24,25)/t22-/m1/s1. The van der Waals surface area contributed by atoms with E-state index < -0.39 is 0 Å². The number of nitrogens with zero attached hydrogens (tertiary/aromatic N) is 3. The third-order valence-corrected chi connectivity index (χ3v) is 6.44. The number of nitrogens with one attached hydrogen (secondary N) is 1. The summed E-state index contributed by atoms with van der Waals surface area (Å²) in [4.78, 5) is 17.0. The number of carbonyl (C=O) groups is 1. The number of fused-ring (bicyclic) bond motifs is 1. The number of aryl methyl sites for hydroxylation is 2. The molecule has 0 unspecified atom stereocenters. The van der Waals surface area contributed by atoms with Gasteiger partial charge >= 0.3 is 0 Å². The summed E-state index contributed by atoms with van der Waals surface area (Å²) in [6.07, 6.45) is 0.731. The molecule has 0 aliphatic carbocycles. The molecule has 3 aromatic rings. The van der Waals surface area contributed by atoms with Gasteiger partial charge in [0.25, 0.3) is 0 Å². The van der Waals surface area contributed by atoms with Gasteiger partial charge in [-0.15, -0.1) is 0 Å². The van der Waals surface area contributed by atoms with Crippen molar-refractivity contribution in [2.75, 3.05) is 26.7 Å². The van der Waals surface area contributed by atoms with Gasteiger partial charge in [-0.05, 0) is 48.7 Å². The Bertz CT molecular complexity index is 979. The van der Waals surface area contributed by atoms with Gasteiger partial charge in [-0.25, -0.2) is 0 Å². The maximum absolute atomic E-state index is 13.0. The number of H-pyrrole nitrogens is 1. The van der Waals surface area contributed by atoms with Gasteiger partial charge in [0.05, 0.1) is 12.2 Å². The first kappa shape index (κ1) is 20.6. The number of likely N-dealkylation sites (N-methyl/N-ethyl adjacent to an activating group) is 1. The number of amides is 1. The number of aromatic amines is 1. The second-order valence-electron chi connectivity index (χ2n) is 7.92. The Kier molecular flexibility index (Phi) is 6.20. The van der Waals surface area contributed by atoms with E-state index >= 15 is 0 Å². The molecular formula is C23H28N4O2S. The molecule has 0 saturated carbocycles. The van der Waals surface area contributed by atoms with E-state index in [1.807, 2.05) is 44.0 Å². The predicted octanol–water partition coefficient (Wildman–Crippen LogP) is 3.72. The van der Waals surface area contributed by atoms with Crippen LogP contribution in [-0.2, 0) is 17.8 Å². The highest BCUT2D eigenvalue weighted by Gasteiger charge is 2.26. The molecule has 7 heteroatoms. The highest BCUT2D eigenvalue weighted by atomic mass is 32.1. The molecule has 1 aromatic carbocycles. The zero-order chi connectivity index (χ0) is 21.1. The van der Waals surface area contributed by atoms with Crippen molar-refractivity contribution < 1.29 is 9.53 Å². The Labute approximate surface area is 181 Å². The third kappa shape index (κ3) is 4.57. The second-order valence-corrected chi connectivity index (χ2v) is 8.70. The summed E-state index contributed by atoms with van der Waals surface area (Å²) in [5, 5.41) is 11.5. The van der Waals surface area contributed by atoms with Gasteiger partial charge in [-0.2, -0.15) is 16.4 Å². The van der Waals surface area contributed by atoms with Crippen molar-refractivity contribution in [1.82, 2.24) is 20.0 Å². The van der Waals surface area contributed by atoms with E-state index in [4.69, 9.17) is 4.74 Å². The quantitative estimate of drug-likeness (QED) is 0.655. The molecule has 1 amide bonds. The highest BCUT2D eigenvalue weighted by Crippen LogP contribution is 2.31. The molecule has 6 nitrogen and oxygen atoms in total. The first-order chi connectivity index (χ1) is 14.5. The van der Waals surface area contributed by atoms with Crippen molar-refractivity contribution in [3.63, 3.8) is 0 Å². The van der Waals surface area contributed by atoms with Crippen molar-refractivity contribution in [3.05, 3.63) is 69.2 Å². The van der Waals surface area contributed by atoms with Gasteiger partial charge in [-0.3, -0.25) is 14.8 Å². The van der Waals surface area contributed by atoms with Crippen LogP contribution in [0.1, 0.15) is 34.2 Å². The lowest BCUT2D eigenvalue weighted by Crippen LogP contribution is -2.40. The van der Waals surface area contributed by atoms with E-state index in [-0.39, 0.29) is 12.0 Å². The van der Waals surface area contributed by atoms with E-state index in [9.17, 15) is 4.79 Å². The summed E-state index contributed by atoms with van der Waals surface area (Å²) in [5.41, 5.74) is 5.56. The number of aromatic nitrogens is 2. The average Bonchev–Trinajstić information content (AvgIpc) is 3.33. The molecule has 0 radical (unpaired) electrons. The highest BCUT2D eigenvalue weighted by molar-refractivity contribution is 7.07. The van der Waals surface area contributed by atoms with E-state index in [2.05, 4.69) is 38.0 Å². The molecule has 158 valence electrons. The fraction of sp³-hybridized carbons (Fsp3) is 0.391. The first-order valence-electron chi connectivity index (χ1n) is 10.2. The Morgan fingerprint density at radius 1 is 1.33 bits per heavy atom. The van der Waals surface area contributed by atoms with Crippen LogP contribution >= 0.6 is 11.3 Å². The minimum absolute atomic E-state index is 0.0748. The lowest BCUT2D eigenvalue weighted by molar-refractivity contribution is -0.131. The normalized spacial score (nSPS) is 16.6. The molecule has 1 N–H and O–H groups in total. The van der Waals surface area contributed by atoms with Crippen molar-refractivity contribution in [2.45, 2.75) is 32.9 Å². The Morgan fingerprint density at radius 3 is 2.90 bits per heavy atom. The van der Waals surface area contributed by atoms with Crippen molar-refractivity contribution in [3.8, 4) is 5.75 Å². The molecule has 1 atom stereocenters. The molecule has 1 aliphatic rings. The number of rotatable bonds is 6. The SMILES string of the molecule is Cc1n[nH]c(C)c1CCN(C)C(=O)CN1Cc2ccccc2O[C@@H](c2ccsc2)C1. The van der Waals surface area contributed by atoms with Crippen LogP contribution in [0, 0.1) is 13.8 Å². The van der Waals surface area contributed by atoms with Gasteiger partial charge in [0.1, 0.15) is 11.9 Å². The molecule has 0 spiro atoms. The van der Waals surface area contributed by atoms with Crippen LogP contribution in [0.15, 0.2) is 41.1 Å². The molecule has 3 heterocycles. The molecule has 1 aliphatic heterocycles. The monoisotopic (exact) mass is 424 g/mol. The summed E-state index contributed by atoms with van der Waals surface area (Å²) in [5.74, 6) is 1.03. The molecule has 0 bridgehead atoms. The van der Waals surface area contributed by atoms with Gasteiger partial charge in [0.2, 0.25) is 5.91 Å². The number of ether oxygens (including phenoxy) is 1. The molecule has 2 aromatic heterocycles. The number of hydrogen-bond donors (Lipinski definition) is 1. The van der Waals surface area contributed by atoms with Crippen LogP contribution < -0.4 is 4.74 Å². The lowest BCUT2D eigenvalue weighted by Gasteiger charge is -2.26. The molecule has 30 heavy (non-hydrogen) atoms. The maximum atomic E-state index is 13.0. The minimum atomic E-state index is -0.0748. The van der Waals surface area contributed by atoms with Crippen LogP contribution in [0.2, 0.25) is 0 Å². The smallest absolute Gasteiger partial charge is 0.236 e. The lowest BCUT2D eigenvalue weighted by atomic mass is 10.1. The number of thiophene rings is 1. The zero-order valence-electron chi connectivity index (χ0n) is 17.7. The van der Waals surface area contributed by atoms with Crippen LogP contribution in [0.4, 0.5) is 0 Å². The van der Waals surface area contributed by atoms with Crippen molar-refractivity contribution in [1.29, 1.82) is 0 Å². The Hall–Kier alpha value is -2.64. The fourth-order valence-corrected chi connectivity index (χ4v) is 4.59. The molecular weight excluding hydrogens is 396 g/mol. The largest absolute Gasteiger partial charge is 0.484 e. The van der Waals surface area contributed by atoms with E-state index in [1.165, 1.54) is 5.56 Å². The minimum Gasteiger partial charge on any atom is -0.484 e. The number of benzene rings is 1. The van der Waals surface area contributed by atoms with Gasteiger partial charge in [-0.1, -0.05) is 18.2 Å². The Morgan fingerprint density at radius 2 is 2.17 bits per heavy atom. The third-order valence-electron chi connectivity index (χ3n) is 5.74. The number of carbonyl (C=O) groups excluding carboxylic acids is 1. The van der Waals surface area contributed by atoms with Crippen LogP contribution in [0.5, 0.6) is 5.75 Å². The fourth-order valence-electron chi connectivity index (χ4n) is 3.89. The summed E-state index contributed by atoms with van der Waals surface area (Å²) >= 11 is 1.67. The molecule has 0 saturated heterocycles. The van der Waals surface area contributed by atoms with Gasteiger partial charge < -0.3 is 9.64 Å². The van der Waals surface area contributed by atoms with Crippen molar-refractivity contribution >= 4 is 17.2 Å². The zero-order valence-corrected chi connectivity index (χ0v) is 18.5. The van der Waals surface area contributed by atoms with Crippen molar-refractivity contribution in [2.24, 2.45) is 0 Å². The summed E-state index contributed by atoms with van der Waals surface area (Å²) in [6.45, 7) is 6.46. The summed E-state index contributed by atoms with van der Waals surface area (Å²) in [6, 6.07) is 10.2. The van der Waals surface area contributed by atoms with E-state index in [0.717, 1.165) is 34.7 Å². The Balaban J connectivity index is 1.43. The molecule has 0 fully saturated rings. The number of hydrogen-bond acceptors (Lipinski definition) is 5. The van der Waals surface area contributed by atoms with E-state index in [1.54, 1.807) is 11.3 Å². The van der Waals surface area contributed by atoms with E-state index in [0.29, 0.717) is 26.2 Å². The van der Waals surface area contributed by atoms with Gasteiger partial charge in [0, 0.05) is 43.5 Å². The van der Waals surface area contributed by atoms with Crippen LogP contribution in [0.3, 0.4) is 0 Å². The van der Waals surface area contributed by atoms with Gasteiger partial charge in [0.15, 0.2) is 0 Å². The number of para-hydroxylation sites is 1. The topological polar surface area (TPSA) is 61.5 Å². The summed E-state index contributed by atoms with van der Waals surface area (Å²) in [7, 11) is 1.88. The predicted molar refractivity (Wildman–Crippen MR) is 119 cm³/mol. The first-order valence-corrected chi connectivity index (χ1v) is 11.2. The average molecular weight is 425 g/mol. The molecule has 4 rings (SSSR count). The second kappa shape index (κ2) is 9.02. The van der Waals surface area contributed by atoms with Crippen LogP contribution in [0.25, 0.3) is 0 Å².